The Morgan fingerprint density at radius 2 is 0.795 bits per heavy atom. The number of ether oxygens (including phenoxy) is 8. The number of esters is 4. The van der Waals surface area contributed by atoms with Gasteiger partial charge in [0.25, 0.3) is 0 Å². The molecule has 4 N–H and O–H groups in total. The maximum Gasteiger partial charge on any atom is 0.407 e. The van der Waals surface area contributed by atoms with E-state index in [2.05, 4.69) is 42.9 Å². The Labute approximate surface area is 464 Å². The third kappa shape index (κ3) is 55.9. The zero-order valence-corrected chi connectivity index (χ0v) is 47.9. The monoisotopic (exact) mass is 1110 g/mol. The Kier molecular flexibility index (Phi) is 53.8. The fourth-order valence-electron chi connectivity index (χ4n) is 6.17. The van der Waals surface area contributed by atoms with Gasteiger partial charge in [0.05, 0.1) is 72.7 Å². The van der Waals surface area contributed by atoms with Crippen molar-refractivity contribution in [3.8, 4) is 0 Å². The highest BCUT2D eigenvalue weighted by Gasteiger charge is 2.10. The van der Waals surface area contributed by atoms with Gasteiger partial charge in [-0.3, -0.25) is 34.0 Å². The molecule has 0 unspecified atom stereocenters. The van der Waals surface area contributed by atoms with Gasteiger partial charge in [0.15, 0.2) is 0 Å². The SMILES string of the molecule is CCCCCOC(=O)CCCCC(=O)OCCCCOC(=O)CCC(=O)OCCCC.CCOC(=O)NCCCCCCNC(C)=O.COCCN=Cc1ccc(C=NCCOC(=O)NCCCCCCNC(=O)OC)cc1. The number of benzene rings is 1. The van der Waals surface area contributed by atoms with Crippen LogP contribution in [0.15, 0.2) is 34.3 Å². The van der Waals surface area contributed by atoms with Crippen molar-refractivity contribution in [2.75, 3.05) is 99.7 Å². The lowest BCUT2D eigenvalue weighted by Gasteiger charge is -2.07. The van der Waals surface area contributed by atoms with Gasteiger partial charge in [0, 0.05) is 65.5 Å². The van der Waals surface area contributed by atoms with E-state index in [1.54, 1.807) is 20.2 Å². The van der Waals surface area contributed by atoms with Crippen LogP contribution in [0.3, 0.4) is 0 Å². The summed E-state index contributed by atoms with van der Waals surface area (Å²) in [6.45, 7) is 13.6. The second kappa shape index (κ2) is 56.9. The molecule has 4 amide bonds. The van der Waals surface area contributed by atoms with E-state index in [9.17, 15) is 38.4 Å². The van der Waals surface area contributed by atoms with E-state index in [0.717, 1.165) is 101 Å². The fraction of sp³-hybridized carbons (Fsp3) is 0.714. The van der Waals surface area contributed by atoms with Crippen molar-refractivity contribution in [2.24, 2.45) is 9.98 Å². The average Bonchev–Trinajstić information content (AvgIpc) is 3.42. The molecule has 0 spiro atoms. The highest BCUT2D eigenvalue weighted by atomic mass is 16.6. The summed E-state index contributed by atoms with van der Waals surface area (Å²) in [6.07, 6.45) is 17.8. The molecule has 22 nitrogen and oxygen atoms in total. The van der Waals surface area contributed by atoms with Crippen molar-refractivity contribution >= 4 is 60.5 Å². The van der Waals surface area contributed by atoms with Gasteiger partial charge in [-0.1, -0.05) is 83.1 Å². The molecule has 1 aromatic rings. The van der Waals surface area contributed by atoms with Crippen molar-refractivity contribution in [3.05, 3.63) is 35.4 Å². The maximum absolute atomic E-state index is 11.6. The van der Waals surface area contributed by atoms with E-state index in [1.165, 1.54) is 14.0 Å². The summed E-state index contributed by atoms with van der Waals surface area (Å²) in [6, 6.07) is 7.86. The van der Waals surface area contributed by atoms with Crippen LogP contribution in [0.5, 0.6) is 0 Å². The molecule has 22 heteroatoms. The molecule has 1 rings (SSSR count). The molecule has 0 heterocycles. The topological polar surface area (TPSA) is 283 Å². The van der Waals surface area contributed by atoms with E-state index < -0.39 is 18.2 Å². The molecule has 0 bridgehead atoms. The van der Waals surface area contributed by atoms with E-state index in [-0.39, 0.29) is 69.0 Å². The van der Waals surface area contributed by atoms with Gasteiger partial charge in [-0.2, -0.15) is 0 Å². The van der Waals surface area contributed by atoms with E-state index in [0.29, 0.717) is 91.3 Å². The quantitative estimate of drug-likeness (QED) is 0.0206. The van der Waals surface area contributed by atoms with Gasteiger partial charge in [-0.05, 0) is 82.3 Å². The van der Waals surface area contributed by atoms with Crippen LogP contribution in [0.25, 0.3) is 0 Å². The van der Waals surface area contributed by atoms with Crippen LogP contribution in [0, 0.1) is 0 Å². The summed E-state index contributed by atoms with van der Waals surface area (Å²) in [5, 5.41) is 10.7. The minimum absolute atomic E-state index is 0.00618. The zero-order valence-electron chi connectivity index (χ0n) is 47.9. The molecule has 0 aliphatic heterocycles. The summed E-state index contributed by atoms with van der Waals surface area (Å²) in [5.74, 6) is -1.32. The number of unbranched alkanes of at least 4 members (excludes halogenated alkanes) is 11. The summed E-state index contributed by atoms with van der Waals surface area (Å²) in [4.78, 5) is 98.5. The number of alkyl carbamates (subject to hydrolysis) is 3. The molecule has 0 saturated heterocycles. The second-order valence-corrected chi connectivity index (χ2v) is 17.5. The van der Waals surface area contributed by atoms with E-state index in [4.69, 9.17) is 33.2 Å². The zero-order chi connectivity index (χ0) is 58.0. The highest BCUT2D eigenvalue weighted by molar-refractivity contribution is 5.84. The van der Waals surface area contributed by atoms with E-state index >= 15 is 0 Å². The Hall–Kier alpha value is -6.32. The predicted octanol–water partition coefficient (Wildman–Crippen LogP) is 8.51. The van der Waals surface area contributed by atoms with Crippen molar-refractivity contribution < 1.29 is 76.3 Å². The number of nitrogens with zero attached hydrogens (tertiary/aromatic N) is 2. The van der Waals surface area contributed by atoms with Crippen LogP contribution in [0.4, 0.5) is 14.4 Å². The number of amides is 4. The first-order valence-corrected chi connectivity index (χ1v) is 27.9. The second-order valence-electron chi connectivity index (χ2n) is 17.5. The lowest BCUT2D eigenvalue weighted by molar-refractivity contribution is -0.150. The molecule has 0 radical (unpaired) electrons. The summed E-state index contributed by atoms with van der Waals surface area (Å²) in [5.41, 5.74) is 1.99. The third-order valence-corrected chi connectivity index (χ3v) is 10.5. The molecular formula is C56H96N6O16. The summed E-state index contributed by atoms with van der Waals surface area (Å²) < 4.78 is 39.5. The molecule has 0 saturated carbocycles. The molecule has 446 valence electrons. The van der Waals surface area contributed by atoms with Crippen LogP contribution in [0.2, 0.25) is 0 Å². The van der Waals surface area contributed by atoms with Crippen molar-refractivity contribution in [3.63, 3.8) is 0 Å². The standard InChI is InChI=1S/C23H40O8.C22H34N4O5.C11H22N2O3/c1-3-5-9-17-29-20(24)12-7-8-13-21(25)30-18-10-11-19-31-23(27)15-14-22(26)28-16-6-4-2;1-29-15-13-23-17-19-7-9-20(10-8-19)18-24-14-16-31-22(28)26-12-6-4-3-5-11-25-21(27)30-2;1-3-16-11(15)13-9-7-5-4-6-8-12-10(2)14/h3-19H2,1-2H3;7-10,17-18H,3-6,11-16H2,1-2H3,(H,25,27)(H,26,28);3-9H2,1-2H3,(H,12,14)(H,13,15). The van der Waals surface area contributed by atoms with Gasteiger partial charge in [0.1, 0.15) is 6.61 Å². The third-order valence-electron chi connectivity index (χ3n) is 10.5. The summed E-state index contributed by atoms with van der Waals surface area (Å²) >= 11 is 0. The summed E-state index contributed by atoms with van der Waals surface area (Å²) in [7, 11) is 2.99. The first-order chi connectivity index (χ1) is 37.8. The Balaban J connectivity index is 0. The number of hydrogen-bond donors (Lipinski definition) is 4. The molecule has 0 fully saturated rings. The van der Waals surface area contributed by atoms with Crippen LogP contribution < -0.4 is 21.3 Å². The molecule has 0 aliphatic carbocycles. The van der Waals surface area contributed by atoms with Gasteiger partial charge < -0.3 is 59.2 Å². The van der Waals surface area contributed by atoms with Gasteiger partial charge in [0.2, 0.25) is 5.91 Å². The largest absolute Gasteiger partial charge is 0.466 e. The van der Waals surface area contributed by atoms with Crippen LogP contribution >= 0.6 is 0 Å². The Bertz CT molecular complexity index is 1770. The minimum atomic E-state index is -0.437. The molecule has 1 aromatic carbocycles. The van der Waals surface area contributed by atoms with Crippen molar-refractivity contribution in [2.45, 2.75) is 163 Å². The lowest BCUT2D eigenvalue weighted by Crippen LogP contribution is -2.26. The number of carbonyl (C=O) groups excluding carboxylic acids is 8. The maximum atomic E-state index is 11.6. The van der Waals surface area contributed by atoms with Crippen LogP contribution in [-0.2, 0) is 61.9 Å². The van der Waals surface area contributed by atoms with Crippen molar-refractivity contribution in [1.82, 2.24) is 21.3 Å². The minimum Gasteiger partial charge on any atom is -0.466 e. The number of methoxy groups -OCH3 is 2. The molecule has 0 atom stereocenters. The molecule has 0 aliphatic rings. The predicted molar refractivity (Wildman–Crippen MR) is 299 cm³/mol. The smallest absolute Gasteiger partial charge is 0.407 e. The molecular weight excluding hydrogens is 1010 g/mol. The van der Waals surface area contributed by atoms with Crippen LogP contribution in [-0.4, -0.2) is 160 Å². The van der Waals surface area contributed by atoms with E-state index in [1.807, 2.05) is 37.4 Å². The highest BCUT2D eigenvalue weighted by Crippen LogP contribution is 2.06. The number of carbonyl (C=O) groups is 8. The first-order valence-electron chi connectivity index (χ1n) is 27.9. The fourth-order valence-corrected chi connectivity index (χ4v) is 6.17. The number of aliphatic imine (C=N–C) groups is 2. The Morgan fingerprint density at radius 3 is 1.21 bits per heavy atom. The average molecular weight is 1110 g/mol. The Morgan fingerprint density at radius 1 is 0.410 bits per heavy atom. The number of hydrogen-bond acceptors (Lipinski definition) is 18. The molecule has 78 heavy (non-hydrogen) atoms. The number of nitrogens with one attached hydrogen (secondary N) is 4. The van der Waals surface area contributed by atoms with Crippen LogP contribution in [0.1, 0.15) is 174 Å². The molecule has 0 aromatic heterocycles. The number of rotatable bonds is 43. The lowest BCUT2D eigenvalue weighted by atomic mass is 10.1. The van der Waals surface area contributed by atoms with Gasteiger partial charge in [-0.25, -0.2) is 14.4 Å². The first kappa shape index (κ1) is 73.8. The van der Waals surface area contributed by atoms with Gasteiger partial charge >= 0.3 is 42.2 Å². The van der Waals surface area contributed by atoms with Crippen molar-refractivity contribution in [1.29, 1.82) is 0 Å². The van der Waals surface area contributed by atoms with Gasteiger partial charge in [-0.15, -0.1) is 0 Å². The normalized spacial score (nSPS) is 10.5.